The van der Waals surface area contributed by atoms with Gasteiger partial charge in [0, 0.05) is 5.02 Å². The Balaban J connectivity index is 2.12. The van der Waals surface area contributed by atoms with E-state index < -0.39 is 11.7 Å². The summed E-state index contributed by atoms with van der Waals surface area (Å²) in [6, 6.07) is 11.6. The quantitative estimate of drug-likeness (QED) is 0.680. The molecule has 0 radical (unpaired) electrons. The third kappa shape index (κ3) is 4.15. The van der Waals surface area contributed by atoms with E-state index in [9.17, 15) is 9.59 Å². The second-order valence-corrected chi connectivity index (χ2v) is 8.00. The molecule has 0 saturated carbocycles. The average molecular weight is 414 g/mol. The molecule has 1 aliphatic heterocycles. The fraction of sp³-hybridized carbons (Fsp3) is 0.304. The number of ether oxygens (including phenoxy) is 2. The Bertz CT molecular complexity index is 983. The standard InChI is InChI=1S/C23H24ClNO4/c1-6-28-22(27)29-20-19(21(26)25-23(20,4)5)18-13(2)11-16(12-14(18)3)15-7-9-17(24)10-8-15/h7-12H,6H2,1-5H3,(H,25,26). The Kier molecular flexibility index (Phi) is 5.71. The van der Waals surface area contributed by atoms with E-state index in [0.717, 1.165) is 27.8 Å². The van der Waals surface area contributed by atoms with Crippen molar-refractivity contribution in [1.29, 1.82) is 0 Å². The van der Waals surface area contributed by atoms with E-state index >= 15 is 0 Å². The van der Waals surface area contributed by atoms with Crippen molar-refractivity contribution in [3.8, 4) is 11.1 Å². The molecule has 152 valence electrons. The number of carbonyl (C=O) groups excluding carboxylic acids is 2. The van der Waals surface area contributed by atoms with Crippen LogP contribution >= 0.6 is 11.6 Å². The van der Waals surface area contributed by atoms with Gasteiger partial charge in [0.05, 0.1) is 17.7 Å². The summed E-state index contributed by atoms with van der Waals surface area (Å²) >= 11 is 5.99. The highest BCUT2D eigenvalue weighted by Gasteiger charge is 2.42. The summed E-state index contributed by atoms with van der Waals surface area (Å²) in [5.41, 5.74) is 4.15. The van der Waals surface area contributed by atoms with Crippen LogP contribution in [0.1, 0.15) is 37.5 Å². The first kappa shape index (κ1) is 20.9. The first-order chi connectivity index (χ1) is 13.6. The average Bonchev–Trinajstić information content (AvgIpc) is 2.84. The molecule has 5 nitrogen and oxygen atoms in total. The van der Waals surface area contributed by atoms with Crippen molar-refractivity contribution in [3.05, 3.63) is 63.9 Å². The summed E-state index contributed by atoms with van der Waals surface area (Å²) in [5, 5.41) is 3.56. The number of rotatable bonds is 4. The fourth-order valence-corrected chi connectivity index (χ4v) is 3.75. The van der Waals surface area contributed by atoms with Crippen LogP contribution in [-0.4, -0.2) is 24.2 Å². The molecule has 0 aromatic heterocycles. The van der Waals surface area contributed by atoms with Gasteiger partial charge in [-0.15, -0.1) is 0 Å². The summed E-state index contributed by atoms with van der Waals surface area (Å²) in [6.07, 6.45) is -0.822. The zero-order chi connectivity index (χ0) is 21.3. The number of halogens is 1. The lowest BCUT2D eigenvalue weighted by atomic mass is 9.89. The third-order valence-corrected chi connectivity index (χ3v) is 5.11. The number of benzene rings is 2. The van der Waals surface area contributed by atoms with Crippen molar-refractivity contribution in [3.63, 3.8) is 0 Å². The van der Waals surface area contributed by atoms with Crippen LogP contribution in [0.25, 0.3) is 16.7 Å². The maximum Gasteiger partial charge on any atom is 0.513 e. The van der Waals surface area contributed by atoms with E-state index in [1.54, 1.807) is 20.8 Å². The zero-order valence-corrected chi connectivity index (χ0v) is 17.9. The molecule has 1 amide bonds. The number of amides is 1. The zero-order valence-electron chi connectivity index (χ0n) is 17.2. The van der Waals surface area contributed by atoms with Crippen LogP contribution in [-0.2, 0) is 14.3 Å². The SMILES string of the molecule is CCOC(=O)OC1=C(c2c(C)cc(-c3ccc(Cl)cc3)cc2C)C(=O)NC1(C)C. The number of nitrogens with one attached hydrogen (secondary N) is 1. The topological polar surface area (TPSA) is 64.6 Å². The molecule has 0 bridgehead atoms. The van der Waals surface area contributed by atoms with E-state index in [1.165, 1.54) is 0 Å². The van der Waals surface area contributed by atoms with Crippen molar-refractivity contribution in [1.82, 2.24) is 5.32 Å². The van der Waals surface area contributed by atoms with E-state index in [1.807, 2.05) is 50.2 Å². The first-order valence-electron chi connectivity index (χ1n) is 9.43. The van der Waals surface area contributed by atoms with Gasteiger partial charge in [0.2, 0.25) is 0 Å². The summed E-state index contributed by atoms with van der Waals surface area (Å²) in [4.78, 5) is 24.8. The molecule has 2 aromatic carbocycles. The maximum atomic E-state index is 12.8. The highest BCUT2D eigenvalue weighted by atomic mass is 35.5. The van der Waals surface area contributed by atoms with E-state index in [0.29, 0.717) is 10.6 Å². The van der Waals surface area contributed by atoms with Crippen molar-refractivity contribution < 1.29 is 19.1 Å². The Morgan fingerprint density at radius 3 is 2.21 bits per heavy atom. The van der Waals surface area contributed by atoms with Gasteiger partial charge in [-0.1, -0.05) is 35.9 Å². The van der Waals surface area contributed by atoms with Gasteiger partial charge in [0.25, 0.3) is 5.91 Å². The van der Waals surface area contributed by atoms with Gasteiger partial charge in [-0.3, -0.25) is 4.79 Å². The largest absolute Gasteiger partial charge is 0.513 e. The molecular weight excluding hydrogens is 390 g/mol. The van der Waals surface area contributed by atoms with E-state index in [2.05, 4.69) is 5.32 Å². The van der Waals surface area contributed by atoms with Crippen molar-refractivity contribution in [2.75, 3.05) is 6.61 Å². The number of aryl methyl sites for hydroxylation is 2. The lowest BCUT2D eigenvalue weighted by Gasteiger charge is -2.21. The van der Waals surface area contributed by atoms with Crippen LogP contribution in [0.5, 0.6) is 0 Å². The maximum absolute atomic E-state index is 12.8. The monoisotopic (exact) mass is 413 g/mol. The lowest BCUT2D eigenvalue weighted by molar-refractivity contribution is -0.115. The van der Waals surface area contributed by atoms with Crippen LogP contribution in [0.15, 0.2) is 42.2 Å². The third-order valence-electron chi connectivity index (χ3n) is 4.86. The molecule has 0 unspecified atom stereocenters. The van der Waals surface area contributed by atoms with Gasteiger partial charge >= 0.3 is 6.16 Å². The second-order valence-electron chi connectivity index (χ2n) is 7.56. The Hall–Kier alpha value is -2.79. The molecule has 0 spiro atoms. The molecule has 1 aliphatic rings. The normalized spacial score (nSPS) is 15.3. The molecule has 6 heteroatoms. The first-order valence-corrected chi connectivity index (χ1v) is 9.81. The van der Waals surface area contributed by atoms with Crippen LogP contribution in [0.3, 0.4) is 0 Å². The van der Waals surface area contributed by atoms with Crippen LogP contribution in [0.4, 0.5) is 4.79 Å². The van der Waals surface area contributed by atoms with Crippen LogP contribution in [0, 0.1) is 13.8 Å². The lowest BCUT2D eigenvalue weighted by Crippen LogP contribution is -2.39. The minimum atomic E-state index is -0.826. The Morgan fingerprint density at radius 2 is 1.66 bits per heavy atom. The molecule has 0 atom stereocenters. The van der Waals surface area contributed by atoms with Gasteiger partial charge in [-0.25, -0.2) is 4.79 Å². The molecule has 2 aromatic rings. The summed E-state index contributed by atoms with van der Waals surface area (Å²) in [7, 11) is 0. The molecule has 3 rings (SSSR count). The highest BCUT2D eigenvalue weighted by molar-refractivity contribution is 6.30. The predicted molar refractivity (Wildman–Crippen MR) is 114 cm³/mol. The van der Waals surface area contributed by atoms with Gasteiger partial charge in [0.15, 0.2) is 0 Å². The van der Waals surface area contributed by atoms with Crippen molar-refractivity contribution >= 4 is 29.2 Å². The highest BCUT2D eigenvalue weighted by Crippen LogP contribution is 2.38. The number of hydrogen-bond acceptors (Lipinski definition) is 4. The summed E-state index contributed by atoms with van der Waals surface area (Å²) < 4.78 is 10.4. The minimum Gasteiger partial charge on any atom is -0.434 e. The fourth-order valence-electron chi connectivity index (χ4n) is 3.62. The van der Waals surface area contributed by atoms with Gasteiger partial charge in [0.1, 0.15) is 5.76 Å². The number of carbonyl (C=O) groups is 2. The van der Waals surface area contributed by atoms with Gasteiger partial charge in [-0.2, -0.15) is 0 Å². The van der Waals surface area contributed by atoms with Gasteiger partial charge < -0.3 is 14.8 Å². The molecule has 1 heterocycles. The molecule has 0 aliphatic carbocycles. The minimum absolute atomic E-state index is 0.192. The molecule has 1 N–H and O–H groups in total. The molecular formula is C23H24ClNO4. The van der Waals surface area contributed by atoms with Gasteiger partial charge in [-0.05, 0) is 74.6 Å². The second kappa shape index (κ2) is 7.91. The smallest absolute Gasteiger partial charge is 0.434 e. The summed E-state index contributed by atoms with van der Waals surface area (Å²) in [6.45, 7) is 9.35. The number of hydrogen-bond donors (Lipinski definition) is 1. The van der Waals surface area contributed by atoms with Crippen molar-refractivity contribution in [2.24, 2.45) is 0 Å². The summed E-state index contributed by atoms with van der Waals surface area (Å²) in [5.74, 6) is -0.00821. The van der Waals surface area contributed by atoms with Crippen LogP contribution < -0.4 is 5.32 Å². The van der Waals surface area contributed by atoms with Crippen LogP contribution in [0.2, 0.25) is 5.02 Å². The van der Waals surface area contributed by atoms with E-state index in [-0.39, 0.29) is 18.3 Å². The van der Waals surface area contributed by atoms with Crippen molar-refractivity contribution in [2.45, 2.75) is 40.2 Å². The molecule has 0 saturated heterocycles. The Labute approximate surface area is 175 Å². The molecule has 29 heavy (non-hydrogen) atoms. The predicted octanol–water partition coefficient (Wildman–Crippen LogP) is 5.42. The Morgan fingerprint density at radius 1 is 1.07 bits per heavy atom. The van der Waals surface area contributed by atoms with E-state index in [4.69, 9.17) is 21.1 Å². The molecule has 0 fully saturated rings.